The van der Waals surface area contributed by atoms with Crippen molar-refractivity contribution in [3.8, 4) is 5.75 Å². The van der Waals surface area contributed by atoms with Gasteiger partial charge in [-0.05, 0) is 41.8 Å². The minimum Gasteiger partial charge on any atom is -0.490 e. The second-order valence-electron chi connectivity index (χ2n) is 4.05. The highest BCUT2D eigenvalue weighted by molar-refractivity contribution is 6.30. The molecule has 0 atom stereocenters. The van der Waals surface area contributed by atoms with Crippen molar-refractivity contribution in [2.75, 3.05) is 6.61 Å². The fourth-order valence-corrected chi connectivity index (χ4v) is 1.82. The molecule has 0 unspecified atom stereocenters. The molecule has 0 amide bonds. The standard InChI is InChI=1S/C16H15ClO/c1-2-11-18-16-9-5-14(6-10-16)12-13-3-7-15(17)8-4-13/h2-10H,1,11-12H2. The monoisotopic (exact) mass is 258 g/mol. The molecule has 0 radical (unpaired) electrons. The molecule has 0 saturated heterocycles. The maximum atomic E-state index is 5.86. The quantitative estimate of drug-likeness (QED) is 0.718. The van der Waals surface area contributed by atoms with Crippen LogP contribution >= 0.6 is 11.6 Å². The maximum Gasteiger partial charge on any atom is 0.119 e. The zero-order chi connectivity index (χ0) is 12.8. The van der Waals surface area contributed by atoms with Crippen LogP contribution in [0.5, 0.6) is 5.75 Å². The first-order valence-electron chi connectivity index (χ1n) is 5.85. The summed E-state index contributed by atoms with van der Waals surface area (Å²) in [5, 5.41) is 0.770. The minimum atomic E-state index is 0.538. The molecule has 92 valence electrons. The van der Waals surface area contributed by atoms with Crippen molar-refractivity contribution in [1.82, 2.24) is 0 Å². The van der Waals surface area contributed by atoms with Gasteiger partial charge in [0, 0.05) is 5.02 Å². The largest absolute Gasteiger partial charge is 0.490 e. The summed E-state index contributed by atoms with van der Waals surface area (Å²) >= 11 is 5.86. The lowest BCUT2D eigenvalue weighted by atomic mass is 10.1. The predicted molar refractivity (Wildman–Crippen MR) is 76.4 cm³/mol. The molecular formula is C16H15ClO. The van der Waals surface area contributed by atoms with E-state index in [0.29, 0.717) is 6.61 Å². The van der Waals surface area contributed by atoms with Gasteiger partial charge in [-0.1, -0.05) is 48.5 Å². The lowest BCUT2D eigenvalue weighted by Gasteiger charge is -2.05. The maximum absolute atomic E-state index is 5.86. The van der Waals surface area contributed by atoms with Gasteiger partial charge in [-0.15, -0.1) is 0 Å². The first-order chi connectivity index (χ1) is 8.78. The van der Waals surface area contributed by atoms with E-state index in [0.717, 1.165) is 17.2 Å². The van der Waals surface area contributed by atoms with Gasteiger partial charge in [-0.2, -0.15) is 0 Å². The zero-order valence-electron chi connectivity index (χ0n) is 10.1. The van der Waals surface area contributed by atoms with Gasteiger partial charge in [0.2, 0.25) is 0 Å². The van der Waals surface area contributed by atoms with Crippen LogP contribution in [0.3, 0.4) is 0 Å². The van der Waals surface area contributed by atoms with Gasteiger partial charge in [0.15, 0.2) is 0 Å². The van der Waals surface area contributed by atoms with Crippen LogP contribution in [0.15, 0.2) is 61.2 Å². The fourth-order valence-electron chi connectivity index (χ4n) is 1.70. The number of hydrogen-bond donors (Lipinski definition) is 0. The van der Waals surface area contributed by atoms with E-state index in [4.69, 9.17) is 16.3 Å². The van der Waals surface area contributed by atoms with Crippen molar-refractivity contribution in [1.29, 1.82) is 0 Å². The number of benzene rings is 2. The van der Waals surface area contributed by atoms with E-state index in [-0.39, 0.29) is 0 Å². The third-order valence-corrected chi connectivity index (χ3v) is 2.86. The Balaban J connectivity index is 2.01. The number of ether oxygens (including phenoxy) is 1. The highest BCUT2D eigenvalue weighted by Gasteiger charge is 1.98. The molecule has 0 aliphatic rings. The van der Waals surface area contributed by atoms with Crippen LogP contribution in [-0.2, 0) is 6.42 Å². The van der Waals surface area contributed by atoms with Gasteiger partial charge in [0.25, 0.3) is 0 Å². The van der Waals surface area contributed by atoms with Crippen LogP contribution in [-0.4, -0.2) is 6.61 Å². The summed E-state index contributed by atoms with van der Waals surface area (Å²) in [5.41, 5.74) is 2.50. The van der Waals surface area contributed by atoms with E-state index < -0.39 is 0 Å². The number of rotatable bonds is 5. The molecule has 2 heteroatoms. The summed E-state index contributed by atoms with van der Waals surface area (Å²) in [4.78, 5) is 0. The second kappa shape index (κ2) is 6.27. The lowest BCUT2D eigenvalue weighted by Crippen LogP contribution is -1.93. The van der Waals surface area contributed by atoms with Crippen molar-refractivity contribution >= 4 is 11.6 Å². The molecule has 1 nitrogen and oxygen atoms in total. The van der Waals surface area contributed by atoms with E-state index >= 15 is 0 Å². The SMILES string of the molecule is C=CCOc1ccc(Cc2ccc(Cl)cc2)cc1. The molecule has 0 saturated carbocycles. The van der Waals surface area contributed by atoms with Crippen LogP contribution in [0, 0.1) is 0 Å². The van der Waals surface area contributed by atoms with E-state index in [1.54, 1.807) is 6.08 Å². The topological polar surface area (TPSA) is 9.23 Å². The van der Waals surface area contributed by atoms with Crippen LogP contribution in [0.4, 0.5) is 0 Å². The van der Waals surface area contributed by atoms with Gasteiger partial charge in [0.1, 0.15) is 12.4 Å². The molecule has 0 aliphatic heterocycles. The van der Waals surface area contributed by atoms with Gasteiger partial charge >= 0.3 is 0 Å². The molecule has 0 fully saturated rings. The molecule has 0 aromatic heterocycles. The Hall–Kier alpha value is -1.73. The number of halogens is 1. The molecule has 0 spiro atoms. The van der Waals surface area contributed by atoms with Crippen molar-refractivity contribution in [3.63, 3.8) is 0 Å². The first-order valence-corrected chi connectivity index (χ1v) is 6.23. The molecule has 0 N–H and O–H groups in total. The molecule has 2 aromatic carbocycles. The van der Waals surface area contributed by atoms with Crippen LogP contribution < -0.4 is 4.74 Å². The summed E-state index contributed by atoms with van der Waals surface area (Å²) in [7, 11) is 0. The fraction of sp³-hybridized carbons (Fsp3) is 0.125. The summed E-state index contributed by atoms with van der Waals surface area (Å²) in [6.45, 7) is 4.16. The second-order valence-corrected chi connectivity index (χ2v) is 4.48. The van der Waals surface area contributed by atoms with E-state index in [1.807, 2.05) is 36.4 Å². The van der Waals surface area contributed by atoms with Crippen LogP contribution in [0.25, 0.3) is 0 Å². The molecule has 0 bridgehead atoms. The molecule has 18 heavy (non-hydrogen) atoms. The van der Waals surface area contributed by atoms with Crippen LogP contribution in [0.1, 0.15) is 11.1 Å². The Morgan fingerprint density at radius 1 is 0.944 bits per heavy atom. The first kappa shape index (κ1) is 12.7. The highest BCUT2D eigenvalue weighted by Crippen LogP contribution is 2.16. The van der Waals surface area contributed by atoms with Crippen molar-refractivity contribution in [2.24, 2.45) is 0 Å². The average molecular weight is 259 g/mol. The third kappa shape index (κ3) is 3.64. The van der Waals surface area contributed by atoms with E-state index in [9.17, 15) is 0 Å². The van der Waals surface area contributed by atoms with Crippen molar-refractivity contribution in [2.45, 2.75) is 6.42 Å². The Labute approximate surface area is 113 Å². The lowest BCUT2D eigenvalue weighted by molar-refractivity contribution is 0.363. The average Bonchev–Trinajstić information content (AvgIpc) is 2.41. The van der Waals surface area contributed by atoms with Crippen LogP contribution in [0.2, 0.25) is 5.02 Å². The van der Waals surface area contributed by atoms with E-state index in [1.165, 1.54) is 11.1 Å². The third-order valence-electron chi connectivity index (χ3n) is 2.61. The predicted octanol–water partition coefficient (Wildman–Crippen LogP) is 4.50. The molecule has 2 rings (SSSR count). The van der Waals surface area contributed by atoms with Crippen molar-refractivity contribution in [3.05, 3.63) is 77.3 Å². The highest BCUT2D eigenvalue weighted by atomic mass is 35.5. The summed E-state index contributed by atoms with van der Waals surface area (Å²) in [6.07, 6.45) is 2.64. The minimum absolute atomic E-state index is 0.538. The molecule has 0 heterocycles. The summed E-state index contributed by atoms with van der Waals surface area (Å²) in [5.74, 6) is 0.870. The Morgan fingerprint density at radius 2 is 1.50 bits per heavy atom. The van der Waals surface area contributed by atoms with Gasteiger partial charge in [-0.25, -0.2) is 0 Å². The summed E-state index contributed by atoms with van der Waals surface area (Å²) < 4.78 is 5.44. The van der Waals surface area contributed by atoms with E-state index in [2.05, 4.69) is 18.7 Å². The Bertz CT molecular complexity index is 500. The van der Waals surface area contributed by atoms with Gasteiger partial charge in [0.05, 0.1) is 0 Å². The van der Waals surface area contributed by atoms with Gasteiger partial charge < -0.3 is 4.74 Å². The normalized spacial score (nSPS) is 10.1. The molecule has 2 aromatic rings. The number of hydrogen-bond acceptors (Lipinski definition) is 1. The molecular weight excluding hydrogens is 244 g/mol. The molecule has 0 aliphatic carbocycles. The summed E-state index contributed by atoms with van der Waals surface area (Å²) in [6, 6.07) is 16.0. The zero-order valence-corrected chi connectivity index (χ0v) is 10.9. The smallest absolute Gasteiger partial charge is 0.119 e. The Morgan fingerprint density at radius 3 is 2.06 bits per heavy atom. The van der Waals surface area contributed by atoms with Gasteiger partial charge in [-0.3, -0.25) is 0 Å². The Kier molecular flexibility index (Phi) is 4.43. The van der Waals surface area contributed by atoms with Crippen molar-refractivity contribution < 1.29 is 4.74 Å².